The van der Waals surface area contributed by atoms with Crippen LogP contribution < -0.4 is 20.7 Å². The summed E-state index contributed by atoms with van der Waals surface area (Å²) >= 11 is 2.75. The molecule has 6 rings (SSSR count). The lowest BCUT2D eigenvalue weighted by Gasteiger charge is -2.23. The van der Waals surface area contributed by atoms with Gasteiger partial charge >= 0.3 is 5.97 Å². The van der Waals surface area contributed by atoms with Gasteiger partial charge in [-0.2, -0.15) is 0 Å². The summed E-state index contributed by atoms with van der Waals surface area (Å²) in [6.45, 7) is 4.44. The third-order valence-corrected chi connectivity index (χ3v) is 10.9. The zero-order valence-corrected chi connectivity index (χ0v) is 31.7. The van der Waals surface area contributed by atoms with E-state index in [0.717, 1.165) is 34.6 Å². The third kappa shape index (κ3) is 9.85. The summed E-state index contributed by atoms with van der Waals surface area (Å²) in [5, 5.41) is 9.15. The number of rotatable bonds is 14. The van der Waals surface area contributed by atoms with E-state index in [0.29, 0.717) is 45.7 Å². The van der Waals surface area contributed by atoms with Gasteiger partial charge in [-0.3, -0.25) is 14.4 Å². The Kier molecular flexibility index (Phi) is 13.0. The lowest BCUT2D eigenvalue weighted by Crippen LogP contribution is -2.30. The molecule has 0 saturated heterocycles. The van der Waals surface area contributed by atoms with Gasteiger partial charge in [0, 0.05) is 21.0 Å². The van der Waals surface area contributed by atoms with Crippen LogP contribution in [0.1, 0.15) is 68.5 Å². The second-order valence-electron chi connectivity index (χ2n) is 12.5. The Balaban J connectivity index is 1.13. The monoisotopic (exact) mass is 759 g/mol. The van der Waals surface area contributed by atoms with Gasteiger partial charge in [-0.1, -0.05) is 66.7 Å². The van der Waals surface area contributed by atoms with Gasteiger partial charge < -0.3 is 25.4 Å². The highest BCUT2D eigenvalue weighted by molar-refractivity contribution is 8.00. The number of carbonyl (C=O) groups excluding carboxylic acids is 4. The molecule has 4 aromatic carbocycles. The molecule has 1 aliphatic carbocycles. The van der Waals surface area contributed by atoms with Crippen LogP contribution in [0.5, 0.6) is 5.75 Å². The fourth-order valence-electron chi connectivity index (χ4n) is 6.21. The molecule has 3 N–H and O–H groups in total. The molecule has 276 valence electrons. The number of esters is 1. The average molecular weight is 760 g/mol. The van der Waals surface area contributed by atoms with E-state index in [9.17, 15) is 19.2 Å². The molecule has 54 heavy (non-hydrogen) atoms. The molecular formula is C43H41N3O6S2. The van der Waals surface area contributed by atoms with Crippen LogP contribution >= 0.6 is 23.1 Å². The number of hydrogen-bond acceptors (Lipinski definition) is 8. The quantitative estimate of drug-likeness (QED) is 0.0588. The Hall–Kier alpha value is -5.65. The smallest absolute Gasteiger partial charge is 0.341 e. The van der Waals surface area contributed by atoms with E-state index in [4.69, 9.17) is 9.47 Å². The van der Waals surface area contributed by atoms with Crippen molar-refractivity contribution in [3.63, 3.8) is 0 Å². The van der Waals surface area contributed by atoms with Crippen LogP contribution in [-0.2, 0) is 27.2 Å². The van der Waals surface area contributed by atoms with Gasteiger partial charge in [0.25, 0.3) is 11.8 Å². The van der Waals surface area contributed by atoms with Crippen molar-refractivity contribution < 1.29 is 28.7 Å². The summed E-state index contributed by atoms with van der Waals surface area (Å²) in [6.07, 6.45) is 4.04. The Bertz CT molecular complexity index is 2130. The van der Waals surface area contributed by atoms with Gasteiger partial charge in [0.15, 0.2) is 0 Å². The standard InChI is InChI=1S/C43H41N3O6S2/c1-3-51-33-21-18-28(19-22-33)24-36(45-40(48)30-14-9-6-10-15-30)41(49)44-32-16-11-17-34(26-32)53-27-38(47)46-42-39(43(50)52-4-2)35-23-20-31(25-37(35)54-42)29-12-7-5-8-13-29/h5-19,21-22,24,26,31H,3-4,20,23,25,27H2,1-2H3,(H,44,49)(H,45,48)(H,46,47)/b36-24+. The van der Waals surface area contributed by atoms with Crippen molar-refractivity contribution in [3.05, 3.63) is 148 Å². The number of nitrogens with one attached hydrogen (secondary N) is 3. The predicted octanol–water partition coefficient (Wildman–Crippen LogP) is 8.74. The highest BCUT2D eigenvalue weighted by atomic mass is 32.2. The third-order valence-electron chi connectivity index (χ3n) is 8.76. The summed E-state index contributed by atoms with van der Waals surface area (Å²) in [6, 6.07) is 33.4. The summed E-state index contributed by atoms with van der Waals surface area (Å²) in [4.78, 5) is 55.0. The molecule has 5 aromatic rings. The molecule has 11 heteroatoms. The Morgan fingerprint density at radius 2 is 1.59 bits per heavy atom. The van der Waals surface area contributed by atoms with Crippen LogP contribution in [0, 0.1) is 0 Å². The van der Waals surface area contributed by atoms with Crippen molar-refractivity contribution in [1.82, 2.24) is 5.32 Å². The van der Waals surface area contributed by atoms with Crippen molar-refractivity contribution in [2.75, 3.05) is 29.6 Å². The van der Waals surface area contributed by atoms with Gasteiger partial charge in [0.05, 0.1) is 24.5 Å². The summed E-state index contributed by atoms with van der Waals surface area (Å²) in [5.74, 6) is -0.508. The molecule has 3 amide bonds. The van der Waals surface area contributed by atoms with Gasteiger partial charge in [0.2, 0.25) is 5.91 Å². The Morgan fingerprint density at radius 1 is 0.852 bits per heavy atom. The molecule has 9 nitrogen and oxygen atoms in total. The number of benzene rings is 4. The molecule has 1 atom stereocenters. The largest absolute Gasteiger partial charge is 0.494 e. The Labute approximate surface area is 323 Å². The molecule has 1 aromatic heterocycles. The molecule has 0 fully saturated rings. The number of thiophene rings is 1. The number of carbonyl (C=O) groups is 4. The van der Waals surface area contributed by atoms with Crippen molar-refractivity contribution in [2.45, 2.75) is 43.9 Å². The maximum Gasteiger partial charge on any atom is 0.341 e. The van der Waals surface area contributed by atoms with Crippen molar-refractivity contribution in [1.29, 1.82) is 0 Å². The lowest BCUT2D eigenvalue weighted by molar-refractivity contribution is -0.114. The SMILES string of the molecule is CCOC(=O)c1c(NC(=O)CSc2cccc(NC(=O)/C(=C\c3ccc(OCC)cc3)NC(=O)c3ccccc3)c2)sc2c1CCC(c1ccccc1)C2. The maximum absolute atomic E-state index is 13.6. The van der Waals surface area contributed by atoms with Crippen molar-refractivity contribution >= 4 is 63.6 Å². The first kappa shape index (κ1) is 38.1. The van der Waals surface area contributed by atoms with Gasteiger partial charge in [-0.25, -0.2) is 4.79 Å². The summed E-state index contributed by atoms with van der Waals surface area (Å²) in [7, 11) is 0. The second kappa shape index (κ2) is 18.4. The van der Waals surface area contributed by atoms with Crippen LogP contribution in [-0.4, -0.2) is 42.7 Å². The van der Waals surface area contributed by atoms with Gasteiger partial charge in [0.1, 0.15) is 16.4 Å². The second-order valence-corrected chi connectivity index (χ2v) is 14.6. The van der Waals surface area contributed by atoms with Gasteiger partial charge in [-0.15, -0.1) is 23.1 Å². The fourth-order valence-corrected chi connectivity index (χ4v) is 8.30. The number of thioether (sulfide) groups is 1. The lowest BCUT2D eigenvalue weighted by atomic mass is 9.83. The molecule has 1 heterocycles. The van der Waals surface area contributed by atoms with Gasteiger partial charge in [-0.05, 0) is 104 Å². The van der Waals surface area contributed by atoms with Crippen LogP contribution in [0.2, 0.25) is 0 Å². The van der Waals surface area contributed by atoms with E-state index in [2.05, 4.69) is 28.1 Å². The normalized spacial score (nSPS) is 13.7. The first-order chi connectivity index (χ1) is 26.3. The zero-order chi connectivity index (χ0) is 37.9. The van der Waals surface area contributed by atoms with E-state index >= 15 is 0 Å². The average Bonchev–Trinajstić information content (AvgIpc) is 3.55. The highest BCUT2D eigenvalue weighted by Crippen LogP contribution is 2.43. The number of anilines is 2. The number of amides is 3. The number of ether oxygens (including phenoxy) is 2. The molecule has 0 aliphatic heterocycles. The minimum Gasteiger partial charge on any atom is -0.494 e. The molecule has 1 aliphatic rings. The molecule has 0 saturated carbocycles. The number of fused-ring (bicyclic) bond motifs is 1. The minimum atomic E-state index is -0.518. The van der Waals surface area contributed by atoms with E-state index in [1.807, 2.05) is 37.3 Å². The van der Waals surface area contributed by atoms with Crippen molar-refractivity contribution in [3.8, 4) is 5.75 Å². The van der Waals surface area contributed by atoms with Crippen molar-refractivity contribution in [2.24, 2.45) is 0 Å². The molecule has 1 unspecified atom stereocenters. The molecule has 0 spiro atoms. The fraction of sp³-hybridized carbons (Fsp3) is 0.209. The van der Waals surface area contributed by atoms with Crippen LogP contribution in [0.15, 0.2) is 120 Å². The Morgan fingerprint density at radius 3 is 2.31 bits per heavy atom. The summed E-state index contributed by atoms with van der Waals surface area (Å²) < 4.78 is 10.9. The summed E-state index contributed by atoms with van der Waals surface area (Å²) in [5.41, 5.74) is 4.34. The maximum atomic E-state index is 13.6. The zero-order valence-electron chi connectivity index (χ0n) is 30.1. The molecular weight excluding hydrogens is 719 g/mol. The molecule has 0 bridgehead atoms. The highest BCUT2D eigenvalue weighted by Gasteiger charge is 2.31. The van der Waals surface area contributed by atoms with E-state index in [1.165, 1.54) is 28.7 Å². The van der Waals surface area contributed by atoms with Crippen LogP contribution in [0.25, 0.3) is 6.08 Å². The minimum absolute atomic E-state index is 0.0524. The van der Waals surface area contributed by atoms with Crippen LogP contribution in [0.4, 0.5) is 10.7 Å². The first-order valence-electron chi connectivity index (χ1n) is 17.8. The molecule has 0 radical (unpaired) electrons. The number of hydrogen-bond donors (Lipinski definition) is 3. The van der Waals surface area contributed by atoms with E-state index in [-0.39, 0.29) is 24.0 Å². The first-order valence-corrected chi connectivity index (χ1v) is 19.6. The topological polar surface area (TPSA) is 123 Å². The van der Waals surface area contributed by atoms with Crippen LogP contribution in [0.3, 0.4) is 0 Å². The van der Waals surface area contributed by atoms with E-state index in [1.54, 1.807) is 79.7 Å². The predicted molar refractivity (Wildman–Crippen MR) is 215 cm³/mol. The van der Waals surface area contributed by atoms with E-state index < -0.39 is 17.8 Å².